The lowest BCUT2D eigenvalue weighted by molar-refractivity contribution is 0.553. The number of pyridine rings is 1. The number of hydrogen-bond acceptors (Lipinski definition) is 3. The van der Waals surface area contributed by atoms with Crippen LogP contribution in [0.5, 0.6) is 0 Å². The van der Waals surface area contributed by atoms with Gasteiger partial charge in [0, 0.05) is 25.3 Å². The third-order valence-corrected chi connectivity index (χ3v) is 3.76. The van der Waals surface area contributed by atoms with Crippen molar-refractivity contribution >= 4 is 5.82 Å². The minimum Gasteiger partial charge on any atom is -0.357 e. The van der Waals surface area contributed by atoms with Crippen molar-refractivity contribution in [3.63, 3.8) is 0 Å². The molecule has 0 atom stereocenters. The maximum atomic E-state index is 4.74. The van der Waals surface area contributed by atoms with Crippen molar-refractivity contribution in [1.82, 2.24) is 10.3 Å². The fraction of sp³-hybridized carbons (Fsp3) is 0.688. The third-order valence-electron chi connectivity index (χ3n) is 3.76. The lowest BCUT2D eigenvalue weighted by Crippen LogP contribution is -2.28. The summed E-state index contributed by atoms with van der Waals surface area (Å²) >= 11 is 0. The number of anilines is 1. The highest BCUT2D eigenvalue weighted by atomic mass is 15.2. The Balaban J connectivity index is 2.10. The third kappa shape index (κ3) is 4.50. The van der Waals surface area contributed by atoms with Crippen LogP contribution in [0.15, 0.2) is 12.1 Å². The van der Waals surface area contributed by atoms with E-state index in [1.807, 2.05) is 0 Å². The number of hydrogen-bond donors (Lipinski definition) is 1. The fourth-order valence-electron chi connectivity index (χ4n) is 2.73. The Kier molecular flexibility index (Phi) is 5.64. The SMILES string of the molecule is CCNCc1cc(C)nc(N2CCCCCCC2)c1. The Morgan fingerprint density at radius 2 is 1.79 bits per heavy atom. The summed E-state index contributed by atoms with van der Waals surface area (Å²) in [7, 11) is 0. The average Bonchev–Trinajstić information content (AvgIpc) is 2.35. The summed E-state index contributed by atoms with van der Waals surface area (Å²) in [6.07, 6.45) is 6.75. The summed E-state index contributed by atoms with van der Waals surface area (Å²) in [4.78, 5) is 7.21. The predicted octanol–water partition coefficient (Wildman–Crippen LogP) is 3.27. The first-order valence-electron chi connectivity index (χ1n) is 7.73. The molecule has 0 amide bonds. The molecule has 19 heavy (non-hydrogen) atoms. The molecule has 1 saturated heterocycles. The Labute approximate surface area is 117 Å². The summed E-state index contributed by atoms with van der Waals surface area (Å²) in [5, 5.41) is 3.40. The van der Waals surface area contributed by atoms with Gasteiger partial charge in [-0.1, -0.05) is 26.2 Å². The summed E-state index contributed by atoms with van der Waals surface area (Å²) in [6, 6.07) is 4.45. The minimum atomic E-state index is 0.945. The molecule has 1 aromatic heterocycles. The van der Waals surface area contributed by atoms with E-state index in [0.29, 0.717) is 0 Å². The van der Waals surface area contributed by atoms with Crippen molar-refractivity contribution in [3.8, 4) is 0 Å². The van der Waals surface area contributed by atoms with Crippen LogP contribution < -0.4 is 10.2 Å². The maximum absolute atomic E-state index is 4.74. The second kappa shape index (κ2) is 7.49. The van der Waals surface area contributed by atoms with Crippen molar-refractivity contribution in [2.75, 3.05) is 24.5 Å². The van der Waals surface area contributed by atoms with E-state index >= 15 is 0 Å². The monoisotopic (exact) mass is 261 g/mol. The van der Waals surface area contributed by atoms with E-state index in [-0.39, 0.29) is 0 Å². The molecule has 0 bridgehead atoms. The van der Waals surface area contributed by atoms with Crippen LogP contribution >= 0.6 is 0 Å². The van der Waals surface area contributed by atoms with E-state index in [1.165, 1.54) is 43.5 Å². The van der Waals surface area contributed by atoms with Crippen LogP contribution in [0.1, 0.15) is 50.3 Å². The summed E-state index contributed by atoms with van der Waals surface area (Å²) < 4.78 is 0. The molecule has 1 aliphatic heterocycles. The van der Waals surface area contributed by atoms with Crippen molar-refractivity contribution in [2.45, 2.75) is 52.5 Å². The van der Waals surface area contributed by atoms with Crippen molar-refractivity contribution in [2.24, 2.45) is 0 Å². The van der Waals surface area contributed by atoms with Crippen LogP contribution in [0, 0.1) is 6.92 Å². The molecule has 0 unspecified atom stereocenters. The van der Waals surface area contributed by atoms with Gasteiger partial charge in [-0.15, -0.1) is 0 Å². The highest BCUT2D eigenvalue weighted by molar-refractivity contribution is 5.42. The fourth-order valence-corrected chi connectivity index (χ4v) is 2.73. The topological polar surface area (TPSA) is 28.2 Å². The Morgan fingerprint density at radius 3 is 2.47 bits per heavy atom. The van der Waals surface area contributed by atoms with Gasteiger partial charge in [-0.25, -0.2) is 4.98 Å². The van der Waals surface area contributed by atoms with Gasteiger partial charge in [0.05, 0.1) is 0 Å². The van der Waals surface area contributed by atoms with Gasteiger partial charge >= 0.3 is 0 Å². The molecular weight excluding hydrogens is 234 g/mol. The highest BCUT2D eigenvalue weighted by Crippen LogP contribution is 2.19. The first-order valence-corrected chi connectivity index (χ1v) is 7.73. The quantitative estimate of drug-likeness (QED) is 0.901. The highest BCUT2D eigenvalue weighted by Gasteiger charge is 2.11. The number of nitrogens with zero attached hydrogens (tertiary/aromatic N) is 2. The number of aromatic nitrogens is 1. The van der Waals surface area contributed by atoms with Crippen LogP contribution in [0.4, 0.5) is 5.82 Å². The average molecular weight is 261 g/mol. The van der Waals surface area contributed by atoms with E-state index in [0.717, 1.165) is 31.9 Å². The molecule has 1 aliphatic rings. The molecule has 3 nitrogen and oxygen atoms in total. The molecule has 0 spiro atoms. The number of nitrogens with one attached hydrogen (secondary N) is 1. The lowest BCUT2D eigenvalue weighted by Gasteiger charge is -2.26. The molecule has 1 fully saturated rings. The molecule has 0 aromatic carbocycles. The van der Waals surface area contributed by atoms with Crippen molar-refractivity contribution in [3.05, 3.63) is 23.4 Å². The molecule has 0 saturated carbocycles. The molecule has 2 heterocycles. The number of rotatable bonds is 4. The zero-order chi connectivity index (χ0) is 13.5. The zero-order valence-corrected chi connectivity index (χ0v) is 12.4. The molecule has 1 N–H and O–H groups in total. The van der Waals surface area contributed by atoms with Crippen molar-refractivity contribution in [1.29, 1.82) is 0 Å². The molecule has 106 valence electrons. The van der Waals surface area contributed by atoms with Crippen LogP contribution in [-0.4, -0.2) is 24.6 Å². The lowest BCUT2D eigenvalue weighted by atomic mass is 10.1. The van der Waals surface area contributed by atoms with Gasteiger partial charge < -0.3 is 10.2 Å². The molecule has 2 rings (SSSR count). The van der Waals surface area contributed by atoms with Gasteiger partial charge in [-0.3, -0.25) is 0 Å². The largest absolute Gasteiger partial charge is 0.357 e. The Morgan fingerprint density at radius 1 is 1.11 bits per heavy atom. The molecule has 1 aromatic rings. The Bertz CT molecular complexity index is 382. The van der Waals surface area contributed by atoms with Crippen LogP contribution in [0.2, 0.25) is 0 Å². The maximum Gasteiger partial charge on any atom is 0.129 e. The second-order valence-electron chi connectivity index (χ2n) is 5.51. The van der Waals surface area contributed by atoms with Crippen LogP contribution in [0.25, 0.3) is 0 Å². The first-order chi connectivity index (χ1) is 9.29. The van der Waals surface area contributed by atoms with E-state index in [2.05, 4.69) is 36.2 Å². The number of aryl methyl sites for hydroxylation is 1. The molecular formula is C16H27N3. The van der Waals surface area contributed by atoms with Gasteiger partial charge in [0.1, 0.15) is 5.82 Å². The second-order valence-corrected chi connectivity index (χ2v) is 5.51. The van der Waals surface area contributed by atoms with Gasteiger partial charge in [-0.2, -0.15) is 0 Å². The smallest absolute Gasteiger partial charge is 0.129 e. The van der Waals surface area contributed by atoms with E-state index in [1.54, 1.807) is 0 Å². The molecule has 0 radical (unpaired) electrons. The van der Waals surface area contributed by atoms with Gasteiger partial charge in [0.2, 0.25) is 0 Å². The molecule has 0 aliphatic carbocycles. The van der Waals surface area contributed by atoms with Gasteiger partial charge in [0.15, 0.2) is 0 Å². The van der Waals surface area contributed by atoms with Crippen LogP contribution in [-0.2, 0) is 6.54 Å². The van der Waals surface area contributed by atoms with Gasteiger partial charge in [0.25, 0.3) is 0 Å². The van der Waals surface area contributed by atoms with E-state index in [4.69, 9.17) is 4.98 Å². The zero-order valence-electron chi connectivity index (χ0n) is 12.4. The van der Waals surface area contributed by atoms with E-state index < -0.39 is 0 Å². The van der Waals surface area contributed by atoms with Crippen molar-refractivity contribution < 1.29 is 0 Å². The van der Waals surface area contributed by atoms with Crippen LogP contribution in [0.3, 0.4) is 0 Å². The van der Waals surface area contributed by atoms with E-state index in [9.17, 15) is 0 Å². The normalized spacial score (nSPS) is 17.1. The standard InChI is InChI=1S/C16H27N3/c1-3-17-13-15-11-14(2)18-16(12-15)19-9-7-5-4-6-8-10-19/h11-12,17H,3-10,13H2,1-2H3. The summed E-state index contributed by atoms with van der Waals surface area (Å²) in [5.41, 5.74) is 2.49. The summed E-state index contributed by atoms with van der Waals surface area (Å²) in [5.74, 6) is 1.18. The predicted molar refractivity (Wildman–Crippen MR) is 81.7 cm³/mol. The summed E-state index contributed by atoms with van der Waals surface area (Å²) in [6.45, 7) is 8.53. The van der Waals surface area contributed by atoms with Gasteiger partial charge in [-0.05, 0) is 44.0 Å². The first kappa shape index (κ1) is 14.3. The Hall–Kier alpha value is -1.09. The minimum absolute atomic E-state index is 0.945. The molecule has 3 heteroatoms.